The summed E-state index contributed by atoms with van der Waals surface area (Å²) < 4.78 is 25.1. The average molecular weight is 369 g/mol. The summed E-state index contributed by atoms with van der Waals surface area (Å²) in [5.41, 5.74) is 0.814. The van der Waals surface area contributed by atoms with Crippen LogP contribution in [0.4, 0.5) is 0 Å². The smallest absolute Gasteiger partial charge is 0.238 e. The number of hydrogen-bond donors (Lipinski definition) is 1. The summed E-state index contributed by atoms with van der Waals surface area (Å²) in [4.78, 5) is 19.0. The third-order valence-electron chi connectivity index (χ3n) is 4.56. The van der Waals surface area contributed by atoms with Crippen LogP contribution in [-0.4, -0.2) is 67.0 Å². The Balaban J connectivity index is 2.16. The molecule has 1 aliphatic rings. The number of hydrogen-bond acceptors (Lipinski definition) is 5. The standard InChI is InChI=1S/C17H28N4O3S/c1-3-25(23,24)20(2)14-17(22)21(13-15-7-4-5-11-19-15)16-8-6-10-18-12-9-16/h4-5,7,11,16,18H,3,6,8-10,12-14H2,1-2H3. The molecule has 7 nitrogen and oxygen atoms in total. The van der Waals surface area contributed by atoms with Gasteiger partial charge in [-0.15, -0.1) is 0 Å². The Labute approximate surface area is 150 Å². The van der Waals surface area contributed by atoms with Crippen LogP contribution in [0.1, 0.15) is 31.9 Å². The van der Waals surface area contributed by atoms with E-state index in [0.717, 1.165) is 42.4 Å². The lowest BCUT2D eigenvalue weighted by Gasteiger charge is -2.32. The van der Waals surface area contributed by atoms with Gasteiger partial charge in [0.15, 0.2) is 0 Å². The third kappa shape index (κ3) is 5.76. The second kappa shape index (κ2) is 9.26. The lowest BCUT2D eigenvalue weighted by molar-refractivity contribution is -0.134. The molecule has 0 radical (unpaired) electrons. The van der Waals surface area contributed by atoms with Crippen molar-refractivity contribution in [2.75, 3.05) is 32.4 Å². The van der Waals surface area contributed by atoms with Crippen molar-refractivity contribution >= 4 is 15.9 Å². The van der Waals surface area contributed by atoms with Crippen molar-refractivity contribution < 1.29 is 13.2 Å². The van der Waals surface area contributed by atoms with Crippen LogP contribution in [0.15, 0.2) is 24.4 Å². The first-order valence-corrected chi connectivity index (χ1v) is 10.4. The van der Waals surface area contributed by atoms with E-state index in [2.05, 4.69) is 10.3 Å². The van der Waals surface area contributed by atoms with E-state index in [9.17, 15) is 13.2 Å². The summed E-state index contributed by atoms with van der Waals surface area (Å²) in [6.07, 6.45) is 4.48. The number of nitrogens with zero attached hydrogens (tertiary/aromatic N) is 3. The number of carbonyl (C=O) groups is 1. The molecule has 1 amide bonds. The Morgan fingerprint density at radius 3 is 2.80 bits per heavy atom. The van der Waals surface area contributed by atoms with Crippen molar-refractivity contribution in [2.45, 2.75) is 38.8 Å². The predicted molar refractivity (Wildman–Crippen MR) is 97.4 cm³/mol. The van der Waals surface area contributed by atoms with Crippen molar-refractivity contribution in [1.82, 2.24) is 19.5 Å². The van der Waals surface area contributed by atoms with Gasteiger partial charge in [-0.3, -0.25) is 9.78 Å². The van der Waals surface area contributed by atoms with Crippen LogP contribution < -0.4 is 5.32 Å². The highest BCUT2D eigenvalue weighted by Crippen LogP contribution is 2.17. The molecule has 2 heterocycles. The Morgan fingerprint density at radius 2 is 2.12 bits per heavy atom. The number of rotatable bonds is 7. The van der Waals surface area contributed by atoms with Crippen LogP contribution in [0.5, 0.6) is 0 Å². The summed E-state index contributed by atoms with van der Waals surface area (Å²) in [6, 6.07) is 5.73. The van der Waals surface area contributed by atoms with Crippen LogP contribution in [0.3, 0.4) is 0 Å². The fourth-order valence-corrected chi connectivity index (χ4v) is 3.75. The topological polar surface area (TPSA) is 82.6 Å². The quantitative estimate of drug-likeness (QED) is 0.771. The van der Waals surface area contributed by atoms with Crippen molar-refractivity contribution in [1.29, 1.82) is 0 Å². The highest BCUT2D eigenvalue weighted by Gasteiger charge is 2.28. The molecule has 1 atom stereocenters. The average Bonchev–Trinajstić information content (AvgIpc) is 2.89. The van der Waals surface area contributed by atoms with Crippen LogP contribution in [0, 0.1) is 0 Å². The van der Waals surface area contributed by atoms with E-state index < -0.39 is 10.0 Å². The number of aromatic nitrogens is 1. The summed E-state index contributed by atoms with van der Waals surface area (Å²) in [6.45, 7) is 3.67. The van der Waals surface area contributed by atoms with Crippen LogP contribution >= 0.6 is 0 Å². The van der Waals surface area contributed by atoms with Gasteiger partial charge in [-0.25, -0.2) is 8.42 Å². The molecule has 0 spiro atoms. The first-order valence-electron chi connectivity index (χ1n) is 8.78. The van der Waals surface area contributed by atoms with Gasteiger partial charge in [0.25, 0.3) is 0 Å². The van der Waals surface area contributed by atoms with E-state index >= 15 is 0 Å². The Morgan fingerprint density at radius 1 is 1.32 bits per heavy atom. The monoisotopic (exact) mass is 368 g/mol. The highest BCUT2D eigenvalue weighted by molar-refractivity contribution is 7.89. The van der Waals surface area contributed by atoms with Crippen molar-refractivity contribution in [3.05, 3.63) is 30.1 Å². The first-order chi connectivity index (χ1) is 11.9. The maximum absolute atomic E-state index is 12.9. The second-order valence-corrected chi connectivity index (χ2v) is 8.70. The summed E-state index contributed by atoms with van der Waals surface area (Å²) >= 11 is 0. The Hall–Kier alpha value is -1.51. The van der Waals surface area contributed by atoms with Gasteiger partial charge in [-0.1, -0.05) is 6.07 Å². The van der Waals surface area contributed by atoms with Crippen LogP contribution in [0.2, 0.25) is 0 Å². The number of sulfonamides is 1. The van der Waals surface area contributed by atoms with E-state index in [0.29, 0.717) is 6.54 Å². The molecule has 1 N–H and O–H groups in total. The molecule has 0 aliphatic carbocycles. The van der Waals surface area contributed by atoms with E-state index in [1.807, 2.05) is 18.2 Å². The van der Waals surface area contributed by atoms with Gasteiger partial charge in [0.2, 0.25) is 15.9 Å². The molecule has 0 saturated carbocycles. The molecule has 140 valence electrons. The first kappa shape index (κ1) is 19.8. The molecular weight excluding hydrogens is 340 g/mol. The molecule has 1 aliphatic heterocycles. The number of carbonyl (C=O) groups excluding carboxylic acids is 1. The minimum atomic E-state index is -3.38. The Kier molecular flexibility index (Phi) is 7.34. The van der Waals surface area contributed by atoms with E-state index in [-0.39, 0.29) is 24.2 Å². The van der Waals surface area contributed by atoms with Gasteiger partial charge in [0.05, 0.1) is 24.5 Å². The van der Waals surface area contributed by atoms with E-state index in [1.165, 1.54) is 7.05 Å². The van der Waals surface area contributed by atoms with Gasteiger partial charge in [0.1, 0.15) is 0 Å². The molecular formula is C17H28N4O3S. The molecule has 1 aromatic heterocycles. The van der Waals surface area contributed by atoms with E-state index in [1.54, 1.807) is 18.0 Å². The summed E-state index contributed by atoms with van der Waals surface area (Å²) in [7, 11) is -1.92. The minimum Gasteiger partial charge on any atom is -0.333 e. The number of amides is 1. The molecule has 1 aromatic rings. The maximum atomic E-state index is 12.9. The van der Waals surface area contributed by atoms with Crippen molar-refractivity contribution in [3.63, 3.8) is 0 Å². The minimum absolute atomic E-state index is 0.00955. The largest absolute Gasteiger partial charge is 0.333 e. The fourth-order valence-electron chi connectivity index (χ4n) is 3.00. The molecule has 0 bridgehead atoms. The SMILES string of the molecule is CCS(=O)(=O)N(C)CC(=O)N(Cc1ccccn1)C1CCCNCC1. The molecule has 25 heavy (non-hydrogen) atoms. The van der Waals surface area contributed by atoms with Gasteiger partial charge in [-0.2, -0.15) is 4.31 Å². The summed E-state index contributed by atoms with van der Waals surface area (Å²) in [5, 5.41) is 3.35. The molecule has 2 rings (SSSR count). The predicted octanol–water partition coefficient (Wildman–Crippen LogP) is 0.834. The normalized spacial score (nSPS) is 18.8. The maximum Gasteiger partial charge on any atom is 0.238 e. The van der Waals surface area contributed by atoms with Crippen LogP contribution in [0.25, 0.3) is 0 Å². The number of pyridine rings is 1. The van der Waals surface area contributed by atoms with Gasteiger partial charge >= 0.3 is 0 Å². The van der Waals surface area contributed by atoms with Crippen molar-refractivity contribution in [2.24, 2.45) is 0 Å². The van der Waals surface area contributed by atoms with Crippen molar-refractivity contribution in [3.8, 4) is 0 Å². The number of nitrogens with one attached hydrogen (secondary N) is 1. The lowest BCUT2D eigenvalue weighted by atomic mass is 10.1. The zero-order chi connectivity index (χ0) is 18.3. The summed E-state index contributed by atoms with van der Waals surface area (Å²) in [5.74, 6) is -0.179. The van der Waals surface area contributed by atoms with Gasteiger partial charge < -0.3 is 10.2 Å². The van der Waals surface area contributed by atoms with Gasteiger partial charge in [0, 0.05) is 19.3 Å². The van der Waals surface area contributed by atoms with Crippen LogP contribution in [-0.2, 0) is 21.4 Å². The van der Waals surface area contributed by atoms with E-state index in [4.69, 9.17) is 0 Å². The zero-order valence-electron chi connectivity index (χ0n) is 15.0. The molecule has 0 aromatic carbocycles. The molecule has 1 saturated heterocycles. The fraction of sp³-hybridized carbons (Fsp3) is 0.647. The Bertz CT molecular complexity index is 643. The highest BCUT2D eigenvalue weighted by atomic mass is 32.2. The van der Waals surface area contributed by atoms with Gasteiger partial charge in [-0.05, 0) is 51.4 Å². The third-order valence-corrected chi connectivity index (χ3v) is 6.37. The zero-order valence-corrected chi connectivity index (χ0v) is 15.8. The lowest BCUT2D eigenvalue weighted by Crippen LogP contribution is -2.46. The number of likely N-dealkylation sites (N-methyl/N-ethyl adjacent to an activating group) is 1. The molecule has 8 heteroatoms. The second-order valence-electron chi connectivity index (χ2n) is 6.33. The molecule has 1 fully saturated rings. The molecule has 1 unspecified atom stereocenters.